The third-order valence-corrected chi connectivity index (χ3v) is 3.96. The second-order valence-corrected chi connectivity index (χ2v) is 7.79. The summed E-state index contributed by atoms with van der Waals surface area (Å²) in [7, 11) is 0. The Morgan fingerprint density at radius 2 is 2.10 bits per heavy atom. The van der Waals surface area contributed by atoms with Gasteiger partial charge in [0.25, 0.3) is 0 Å². The topological polar surface area (TPSA) is 58.0 Å². The van der Waals surface area contributed by atoms with Gasteiger partial charge in [-0.3, -0.25) is 0 Å². The first-order chi connectivity index (χ1) is 9.24. The van der Waals surface area contributed by atoms with Crippen molar-refractivity contribution < 1.29 is 5.11 Å². The van der Waals surface area contributed by atoms with E-state index in [0.717, 1.165) is 21.5 Å². The Morgan fingerprint density at radius 3 is 2.75 bits per heavy atom. The molecule has 0 saturated carbocycles. The zero-order valence-electron chi connectivity index (χ0n) is 12.2. The van der Waals surface area contributed by atoms with Gasteiger partial charge in [0.1, 0.15) is 10.6 Å². The summed E-state index contributed by atoms with van der Waals surface area (Å²) in [5, 5.41) is 14.4. The number of nitrogens with one attached hydrogen (secondary N) is 1. The lowest BCUT2D eigenvalue weighted by atomic mass is 9.89. The molecule has 1 atom stereocenters. The van der Waals surface area contributed by atoms with Crippen LogP contribution in [0.15, 0.2) is 6.07 Å². The van der Waals surface area contributed by atoms with Crippen molar-refractivity contribution in [1.82, 2.24) is 9.97 Å². The molecule has 20 heavy (non-hydrogen) atoms. The molecule has 2 aromatic heterocycles. The Bertz CT molecular complexity index is 606. The van der Waals surface area contributed by atoms with Gasteiger partial charge in [0.05, 0.1) is 11.5 Å². The van der Waals surface area contributed by atoms with Crippen LogP contribution in [0.25, 0.3) is 10.2 Å². The van der Waals surface area contributed by atoms with Gasteiger partial charge >= 0.3 is 0 Å². The maximum absolute atomic E-state index is 10.1. The molecule has 6 heteroatoms. The molecule has 0 spiro atoms. The van der Waals surface area contributed by atoms with Gasteiger partial charge in [-0.25, -0.2) is 9.97 Å². The molecule has 0 fully saturated rings. The number of aromatic nitrogens is 2. The van der Waals surface area contributed by atoms with Crippen LogP contribution in [0.1, 0.15) is 32.1 Å². The summed E-state index contributed by atoms with van der Waals surface area (Å²) in [6.07, 6.45) is 0.309. The van der Waals surface area contributed by atoms with Crippen LogP contribution < -0.4 is 5.32 Å². The van der Waals surface area contributed by atoms with E-state index in [9.17, 15) is 5.11 Å². The summed E-state index contributed by atoms with van der Waals surface area (Å²) < 4.78 is 0. The Morgan fingerprint density at radius 1 is 1.40 bits per heavy atom. The van der Waals surface area contributed by atoms with E-state index >= 15 is 0 Å². The average Bonchev–Trinajstić information content (AvgIpc) is 2.63. The highest BCUT2D eigenvalue weighted by Crippen LogP contribution is 2.29. The average molecular weight is 314 g/mol. The van der Waals surface area contributed by atoms with Crippen molar-refractivity contribution in [2.75, 3.05) is 11.9 Å². The minimum Gasteiger partial charge on any atom is -0.391 e. The molecule has 1 unspecified atom stereocenters. The van der Waals surface area contributed by atoms with Crippen molar-refractivity contribution in [3.8, 4) is 0 Å². The predicted octanol–water partition coefficient (Wildman–Crippen LogP) is 3.86. The number of aliphatic hydroxyl groups excluding tert-OH is 1. The number of nitrogens with zero attached hydrogens (tertiary/aromatic N) is 2. The molecule has 110 valence electrons. The van der Waals surface area contributed by atoms with E-state index in [4.69, 9.17) is 11.6 Å². The van der Waals surface area contributed by atoms with Crippen LogP contribution in [-0.4, -0.2) is 27.7 Å². The Balaban J connectivity index is 2.13. The van der Waals surface area contributed by atoms with E-state index < -0.39 is 6.10 Å². The van der Waals surface area contributed by atoms with Gasteiger partial charge in [-0.2, -0.15) is 0 Å². The normalized spacial score (nSPS) is 13.7. The second-order valence-electron chi connectivity index (χ2n) is 6.22. The number of aliphatic hydroxyl groups is 1. The van der Waals surface area contributed by atoms with E-state index in [0.29, 0.717) is 12.4 Å². The lowest BCUT2D eigenvalue weighted by Crippen LogP contribution is -2.25. The summed E-state index contributed by atoms with van der Waals surface area (Å²) in [6.45, 7) is 8.81. The molecule has 0 aliphatic carbocycles. The standard InChI is InChI=1S/C14H20ClN3OS/c1-8-5-10-11(17-13(15)18-12(10)20-8)16-7-9(19)6-14(2,3)4/h5,9,19H,6-7H2,1-4H3,(H,16,17,18). The summed E-state index contributed by atoms with van der Waals surface area (Å²) in [6, 6.07) is 2.04. The lowest BCUT2D eigenvalue weighted by molar-refractivity contribution is 0.132. The number of anilines is 1. The SMILES string of the molecule is Cc1cc2c(NCC(O)CC(C)(C)C)nc(Cl)nc2s1. The van der Waals surface area contributed by atoms with Crippen LogP contribution in [0.2, 0.25) is 5.28 Å². The van der Waals surface area contributed by atoms with E-state index in [1.54, 1.807) is 11.3 Å². The van der Waals surface area contributed by atoms with Gasteiger partial charge in [0, 0.05) is 11.4 Å². The number of hydrogen-bond acceptors (Lipinski definition) is 5. The quantitative estimate of drug-likeness (QED) is 0.841. The van der Waals surface area contributed by atoms with Crippen LogP contribution in [-0.2, 0) is 0 Å². The first-order valence-electron chi connectivity index (χ1n) is 6.60. The van der Waals surface area contributed by atoms with E-state index in [1.165, 1.54) is 0 Å². The molecular formula is C14H20ClN3OS. The Kier molecular flexibility index (Phi) is 4.52. The molecule has 2 rings (SSSR count). The Hall–Kier alpha value is -0.910. The van der Waals surface area contributed by atoms with Gasteiger partial charge in [-0.15, -0.1) is 11.3 Å². The number of halogens is 1. The minimum absolute atomic E-state index is 0.0959. The van der Waals surface area contributed by atoms with Crippen molar-refractivity contribution in [3.05, 3.63) is 16.2 Å². The van der Waals surface area contributed by atoms with Crippen LogP contribution in [0.3, 0.4) is 0 Å². The highest BCUT2D eigenvalue weighted by molar-refractivity contribution is 7.18. The highest BCUT2D eigenvalue weighted by atomic mass is 35.5. The summed E-state index contributed by atoms with van der Waals surface area (Å²) in [5.74, 6) is 0.692. The number of thiophene rings is 1. The first kappa shape index (κ1) is 15.5. The lowest BCUT2D eigenvalue weighted by Gasteiger charge is -2.22. The molecule has 0 aliphatic heterocycles. The van der Waals surface area contributed by atoms with Gasteiger partial charge in [0.2, 0.25) is 5.28 Å². The Labute approximate surface area is 128 Å². The molecule has 2 N–H and O–H groups in total. The fraction of sp³-hybridized carbons (Fsp3) is 0.571. The van der Waals surface area contributed by atoms with Gasteiger partial charge in [-0.1, -0.05) is 20.8 Å². The maximum Gasteiger partial charge on any atom is 0.225 e. The van der Waals surface area contributed by atoms with E-state index in [1.807, 2.05) is 13.0 Å². The largest absolute Gasteiger partial charge is 0.391 e. The van der Waals surface area contributed by atoms with Crippen LogP contribution >= 0.6 is 22.9 Å². The second kappa shape index (κ2) is 5.84. The van der Waals surface area contributed by atoms with Crippen molar-refractivity contribution in [3.63, 3.8) is 0 Å². The van der Waals surface area contributed by atoms with Gasteiger partial charge < -0.3 is 10.4 Å². The molecule has 2 heterocycles. The summed E-state index contributed by atoms with van der Waals surface area (Å²) in [4.78, 5) is 10.5. The van der Waals surface area contributed by atoms with E-state index in [-0.39, 0.29) is 10.7 Å². The van der Waals surface area contributed by atoms with Gasteiger partial charge in [0.15, 0.2) is 0 Å². The van der Waals surface area contributed by atoms with Crippen LogP contribution in [0.5, 0.6) is 0 Å². The zero-order chi connectivity index (χ0) is 14.9. The monoisotopic (exact) mass is 313 g/mol. The third kappa shape index (κ3) is 4.04. The van der Waals surface area contributed by atoms with Crippen LogP contribution in [0, 0.1) is 12.3 Å². The predicted molar refractivity (Wildman–Crippen MR) is 85.7 cm³/mol. The zero-order valence-corrected chi connectivity index (χ0v) is 13.8. The molecule has 2 aromatic rings. The molecule has 0 saturated heterocycles. The van der Waals surface area contributed by atoms with Crippen molar-refractivity contribution >= 4 is 39.0 Å². The maximum atomic E-state index is 10.1. The number of aryl methyl sites for hydroxylation is 1. The molecule has 0 aliphatic rings. The number of fused-ring (bicyclic) bond motifs is 1. The van der Waals surface area contributed by atoms with Crippen LogP contribution in [0.4, 0.5) is 5.82 Å². The minimum atomic E-state index is -0.418. The molecule has 0 amide bonds. The first-order valence-corrected chi connectivity index (χ1v) is 7.80. The molecular weight excluding hydrogens is 294 g/mol. The molecule has 0 radical (unpaired) electrons. The molecule has 4 nitrogen and oxygen atoms in total. The fourth-order valence-corrected chi connectivity index (χ4v) is 3.24. The summed E-state index contributed by atoms with van der Waals surface area (Å²) >= 11 is 7.52. The third-order valence-electron chi connectivity index (χ3n) is 2.84. The highest BCUT2D eigenvalue weighted by Gasteiger charge is 2.17. The number of rotatable bonds is 4. The van der Waals surface area contributed by atoms with E-state index in [2.05, 4.69) is 36.1 Å². The van der Waals surface area contributed by atoms with Crippen molar-refractivity contribution in [2.45, 2.75) is 40.2 Å². The fourth-order valence-electron chi connectivity index (χ4n) is 2.14. The molecule has 0 aromatic carbocycles. The van der Waals surface area contributed by atoms with Gasteiger partial charge in [-0.05, 0) is 36.4 Å². The molecule has 0 bridgehead atoms. The summed E-state index contributed by atoms with van der Waals surface area (Å²) in [5.41, 5.74) is 0.0959. The number of hydrogen-bond donors (Lipinski definition) is 2. The van der Waals surface area contributed by atoms with Crippen molar-refractivity contribution in [1.29, 1.82) is 0 Å². The van der Waals surface area contributed by atoms with Crippen molar-refractivity contribution in [2.24, 2.45) is 5.41 Å². The smallest absolute Gasteiger partial charge is 0.225 e.